The van der Waals surface area contributed by atoms with E-state index in [0.717, 1.165) is 0 Å². The fourth-order valence-electron chi connectivity index (χ4n) is 1.55. The van der Waals surface area contributed by atoms with E-state index in [0.29, 0.717) is 0 Å². The average Bonchev–Trinajstić information content (AvgIpc) is 2.62. The summed E-state index contributed by atoms with van der Waals surface area (Å²) in [7, 11) is 0. The van der Waals surface area contributed by atoms with E-state index in [9.17, 15) is 18.4 Å². The van der Waals surface area contributed by atoms with E-state index in [1.165, 1.54) is 0 Å². The predicted octanol–water partition coefficient (Wildman–Crippen LogP) is 1.79. The highest BCUT2D eigenvalue weighted by Crippen LogP contribution is 2.33. The van der Waals surface area contributed by atoms with Crippen molar-refractivity contribution in [1.29, 1.82) is 0 Å². The molecule has 20 heavy (non-hydrogen) atoms. The molecule has 1 aliphatic rings. The zero-order valence-electron chi connectivity index (χ0n) is 12.0. The molecule has 0 amide bonds. The highest BCUT2D eigenvalue weighted by atomic mass is 19.3. The molecule has 7 heteroatoms. The molecule has 1 heterocycles. The van der Waals surface area contributed by atoms with Gasteiger partial charge in [-0.05, 0) is 0 Å². The number of esters is 2. The van der Waals surface area contributed by atoms with Gasteiger partial charge in [0.2, 0.25) is 0 Å². The Bertz CT molecular complexity index is 368. The zero-order valence-corrected chi connectivity index (χ0v) is 12.0. The first-order chi connectivity index (χ1) is 9.15. The second-order valence-electron chi connectivity index (χ2n) is 5.41. The molecule has 0 bridgehead atoms. The third kappa shape index (κ3) is 4.13. The van der Waals surface area contributed by atoms with Crippen LogP contribution in [0.15, 0.2) is 0 Å². The van der Waals surface area contributed by atoms with E-state index in [1.807, 2.05) is 0 Å². The molecular weight excluding hydrogens is 274 g/mol. The summed E-state index contributed by atoms with van der Waals surface area (Å²) >= 11 is 0. The molecule has 0 aromatic heterocycles. The Morgan fingerprint density at radius 2 is 1.75 bits per heavy atom. The molecule has 5 nitrogen and oxygen atoms in total. The fraction of sp³-hybridized carbons (Fsp3) is 0.846. The maximum Gasteiger partial charge on any atom is 0.309 e. The first kappa shape index (κ1) is 16.8. The summed E-state index contributed by atoms with van der Waals surface area (Å²) in [6, 6.07) is 0. The van der Waals surface area contributed by atoms with Crippen LogP contribution < -0.4 is 0 Å². The minimum absolute atomic E-state index is 0.358. The minimum atomic E-state index is -3.28. The number of hydrogen-bond donors (Lipinski definition) is 0. The van der Waals surface area contributed by atoms with Gasteiger partial charge in [-0.3, -0.25) is 9.59 Å². The molecule has 1 rings (SSSR count). The maximum absolute atomic E-state index is 13.6. The molecule has 2 atom stereocenters. The minimum Gasteiger partial charge on any atom is -0.463 e. The molecule has 0 N–H and O–H groups in total. The van der Waals surface area contributed by atoms with Crippen molar-refractivity contribution < 1.29 is 32.6 Å². The van der Waals surface area contributed by atoms with E-state index < -0.39 is 42.6 Å². The second-order valence-corrected chi connectivity index (χ2v) is 5.41. The summed E-state index contributed by atoms with van der Waals surface area (Å²) < 4.78 is 41.8. The summed E-state index contributed by atoms with van der Waals surface area (Å²) in [6.45, 7) is 5.13. The molecule has 2 unspecified atom stereocenters. The first-order valence-corrected chi connectivity index (χ1v) is 6.51. The lowest BCUT2D eigenvalue weighted by atomic mass is 10.1. The summed E-state index contributed by atoms with van der Waals surface area (Å²) in [6.07, 6.45) is -2.87. The highest BCUT2D eigenvalue weighted by Gasteiger charge is 2.54. The van der Waals surface area contributed by atoms with Crippen LogP contribution in [-0.4, -0.2) is 43.3 Å². The monoisotopic (exact) mass is 294 g/mol. The van der Waals surface area contributed by atoms with E-state index in [2.05, 4.69) is 0 Å². The van der Waals surface area contributed by atoms with Gasteiger partial charge in [0.15, 0.2) is 6.10 Å². The number of alkyl halides is 2. The van der Waals surface area contributed by atoms with Crippen LogP contribution in [0.1, 0.15) is 27.7 Å². The number of ether oxygens (including phenoxy) is 3. The van der Waals surface area contributed by atoms with Gasteiger partial charge in [0.25, 0.3) is 0 Å². The van der Waals surface area contributed by atoms with Crippen LogP contribution in [0.5, 0.6) is 0 Å². The molecule has 1 saturated heterocycles. The lowest BCUT2D eigenvalue weighted by Crippen LogP contribution is -2.43. The molecule has 0 aliphatic carbocycles. The SMILES string of the molecule is CC(C)C(=O)OCC1OCC(F)(F)C1OC(=O)C(C)C. The van der Waals surface area contributed by atoms with Crippen LogP contribution in [0, 0.1) is 11.8 Å². The predicted molar refractivity (Wildman–Crippen MR) is 65.2 cm³/mol. The fourth-order valence-corrected chi connectivity index (χ4v) is 1.55. The average molecular weight is 294 g/mol. The smallest absolute Gasteiger partial charge is 0.309 e. The van der Waals surface area contributed by atoms with Gasteiger partial charge >= 0.3 is 17.9 Å². The van der Waals surface area contributed by atoms with E-state index >= 15 is 0 Å². The molecule has 0 aromatic rings. The van der Waals surface area contributed by atoms with Gasteiger partial charge in [-0.15, -0.1) is 0 Å². The molecule has 0 spiro atoms. The van der Waals surface area contributed by atoms with Gasteiger partial charge in [-0.1, -0.05) is 27.7 Å². The zero-order chi connectivity index (χ0) is 15.5. The Hall–Kier alpha value is -1.24. The van der Waals surface area contributed by atoms with Crippen molar-refractivity contribution >= 4 is 11.9 Å². The van der Waals surface area contributed by atoms with Crippen LogP contribution in [0.4, 0.5) is 8.78 Å². The van der Waals surface area contributed by atoms with Crippen molar-refractivity contribution in [2.24, 2.45) is 11.8 Å². The Kier molecular flexibility index (Phi) is 5.44. The third-order valence-corrected chi connectivity index (χ3v) is 2.82. The number of carbonyl (C=O) groups is 2. The first-order valence-electron chi connectivity index (χ1n) is 6.51. The van der Waals surface area contributed by atoms with Crippen LogP contribution >= 0.6 is 0 Å². The summed E-state index contributed by atoms with van der Waals surface area (Å²) in [5, 5.41) is 0. The molecular formula is C13H20F2O5. The van der Waals surface area contributed by atoms with Gasteiger partial charge in [-0.25, -0.2) is 0 Å². The van der Waals surface area contributed by atoms with Crippen molar-refractivity contribution in [2.45, 2.75) is 45.8 Å². The normalized spacial score (nSPS) is 25.0. The van der Waals surface area contributed by atoms with Gasteiger partial charge in [0, 0.05) is 0 Å². The van der Waals surface area contributed by atoms with Gasteiger partial charge in [-0.2, -0.15) is 8.78 Å². The summed E-state index contributed by atoms with van der Waals surface area (Å²) in [4.78, 5) is 22.8. The lowest BCUT2D eigenvalue weighted by molar-refractivity contribution is -0.174. The van der Waals surface area contributed by atoms with Crippen LogP contribution in [-0.2, 0) is 23.8 Å². The van der Waals surface area contributed by atoms with Gasteiger partial charge < -0.3 is 14.2 Å². The quantitative estimate of drug-likeness (QED) is 0.723. The number of hydrogen-bond acceptors (Lipinski definition) is 5. The number of rotatable bonds is 5. The van der Waals surface area contributed by atoms with E-state index in [1.54, 1.807) is 27.7 Å². The van der Waals surface area contributed by atoms with Crippen LogP contribution in [0.25, 0.3) is 0 Å². The molecule has 0 aromatic carbocycles. The summed E-state index contributed by atoms with van der Waals surface area (Å²) in [5.74, 6) is -5.42. The van der Waals surface area contributed by atoms with Crippen LogP contribution in [0.3, 0.4) is 0 Å². The van der Waals surface area contributed by atoms with Crippen LogP contribution in [0.2, 0.25) is 0 Å². The molecule has 1 aliphatic heterocycles. The maximum atomic E-state index is 13.6. The Labute approximate surface area is 116 Å². The number of carbonyl (C=O) groups excluding carboxylic acids is 2. The lowest BCUT2D eigenvalue weighted by Gasteiger charge is -2.23. The summed E-state index contributed by atoms with van der Waals surface area (Å²) in [5.41, 5.74) is 0. The van der Waals surface area contributed by atoms with Crippen molar-refractivity contribution in [1.82, 2.24) is 0 Å². The van der Waals surface area contributed by atoms with Crippen molar-refractivity contribution in [2.75, 3.05) is 13.2 Å². The number of halogens is 2. The van der Waals surface area contributed by atoms with E-state index in [-0.39, 0.29) is 12.5 Å². The van der Waals surface area contributed by atoms with Gasteiger partial charge in [0.1, 0.15) is 19.3 Å². The molecule has 1 fully saturated rings. The Morgan fingerprint density at radius 1 is 1.20 bits per heavy atom. The van der Waals surface area contributed by atoms with Crippen molar-refractivity contribution in [3.8, 4) is 0 Å². The van der Waals surface area contributed by atoms with Gasteiger partial charge in [0.05, 0.1) is 11.8 Å². The largest absolute Gasteiger partial charge is 0.463 e. The van der Waals surface area contributed by atoms with Crippen molar-refractivity contribution in [3.05, 3.63) is 0 Å². The van der Waals surface area contributed by atoms with Crippen molar-refractivity contribution in [3.63, 3.8) is 0 Å². The molecule has 116 valence electrons. The molecule has 0 saturated carbocycles. The topological polar surface area (TPSA) is 61.8 Å². The molecule has 0 radical (unpaired) electrons. The Morgan fingerprint density at radius 3 is 2.25 bits per heavy atom. The highest BCUT2D eigenvalue weighted by molar-refractivity contribution is 5.72. The second kappa shape index (κ2) is 6.47. The third-order valence-electron chi connectivity index (χ3n) is 2.82. The van der Waals surface area contributed by atoms with E-state index in [4.69, 9.17) is 14.2 Å². The Balaban J connectivity index is 2.65. The standard InChI is InChI=1S/C13H20F2O5/c1-7(2)11(16)18-5-9-10(13(14,15)6-19-9)20-12(17)8(3)4/h7-10H,5-6H2,1-4H3.